The van der Waals surface area contributed by atoms with Gasteiger partial charge in [-0.1, -0.05) is 42.5 Å². The highest BCUT2D eigenvalue weighted by atomic mass is 16.5. The fourth-order valence-corrected chi connectivity index (χ4v) is 2.73. The highest BCUT2D eigenvalue weighted by Crippen LogP contribution is 2.22. The number of hydrogen-bond donors (Lipinski definition) is 3. The van der Waals surface area contributed by atoms with Crippen molar-refractivity contribution in [2.45, 2.75) is 25.6 Å². The van der Waals surface area contributed by atoms with Gasteiger partial charge in [0.25, 0.3) is 5.91 Å². The Morgan fingerprint density at radius 1 is 1.13 bits per heavy atom. The molecule has 2 aromatic carbocycles. The Kier molecular flexibility index (Phi) is 4.90. The summed E-state index contributed by atoms with van der Waals surface area (Å²) >= 11 is 0. The zero-order valence-corrected chi connectivity index (χ0v) is 13.1. The van der Waals surface area contributed by atoms with E-state index in [0.717, 1.165) is 6.42 Å². The fraction of sp³-hybridized carbons (Fsp3) is 0.278. The van der Waals surface area contributed by atoms with Crippen molar-refractivity contribution >= 4 is 5.91 Å². The molecule has 1 aliphatic heterocycles. The van der Waals surface area contributed by atoms with Crippen molar-refractivity contribution in [3.8, 4) is 5.75 Å². The molecule has 1 amide bonds. The molecule has 0 spiro atoms. The van der Waals surface area contributed by atoms with Gasteiger partial charge in [-0.3, -0.25) is 4.79 Å². The molecule has 0 bridgehead atoms. The summed E-state index contributed by atoms with van der Waals surface area (Å²) in [4.78, 5) is 12.5. The number of rotatable bonds is 5. The lowest BCUT2D eigenvalue weighted by molar-refractivity contribution is 0.0928. The number of benzene rings is 2. The Bertz CT molecular complexity index is 660. The number of nitrogens with one attached hydrogen (secondary N) is 3. The van der Waals surface area contributed by atoms with Crippen LogP contribution >= 0.6 is 0 Å². The van der Waals surface area contributed by atoms with E-state index < -0.39 is 0 Å². The van der Waals surface area contributed by atoms with E-state index in [0.29, 0.717) is 17.9 Å². The van der Waals surface area contributed by atoms with Crippen molar-refractivity contribution in [1.82, 2.24) is 16.2 Å². The van der Waals surface area contributed by atoms with Crippen LogP contribution in [-0.4, -0.2) is 18.7 Å². The molecule has 1 heterocycles. The SMILES string of the molecule is CCOc1ccccc1C(=O)NC1CC(c2ccccc2)NN1. The Labute approximate surface area is 136 Å². The number of hydrogen-bond acceptors (Lipinski definition) is 4. The van der Waals surface area contributed by atoms with Gasteiger partial charge in [0.2, 0.25) is 0 Å². The molecule has 2 aromatic rings. The summed E-state index contributed by atoms with van der Waals surface area (Å²) in [6.45, 7) is 2.44. The summed E-state index contributed by atoms with van der Waals surface area (Å²) < 4.78 is 5.52. The number of carbonyl (C=O) groups is 1. The minimum atomic E-state index is -0.137. The maximum Gasteiger partial charge on any atom is 0.256 e. The molecule has 1 saturated heterocycles. The summed E-state index contributed by atoms with van der Waals surface area (Å²) in [6.07, 6.45) is 0.661. The second-order valence-corrected chi connectivity index (χ2v) is 5.44. The second-order valence-electron chi connectivity index (χ2n) is 5.44. The van der Waals surface area contributed by atoms with Gasteiger partial charge in [-0.15, -0.1) is 0 Å². The molecule has 0 saturated carbocycles. The first kappa shape index (κ1) is 15.5. The third-order valence-electron chi connectivity index (χ3n) is 3.84. The molecule has 5 heteroatoms. The van der Waals surface area contributed by atoms with Gasteiger partial charge >= 0.3 is 0 Å². The molecule has 120 valence electrons. The van der Waals surface area contributed by atoms with Gasteiger partial charge in [0.15, 0.2) is 0 Å². The van der Waals surface area contributed by atoms with E-state index in [1.807, 2.05) is 43.3 Å². The van der Waals surface area contributed by atoms with Crippen LogP contribution in [0.15, 0.2) is 54.6 Å². The van der Waals surface area contributed by atoms with Gasteiger partial charge in [0, 0.05) is 12.5 Å². The van der Waals surface area contributed by atoms with Crippen LogP contribution in [0.2, 0.25) is 0 Å². The quantitative estimate of drug-likeness (QED) is 0.793. The first-order valence-corrected chi connectivity index (χ1v) is 7.86. The number of hydrazine groups is 1. The van der Waals surface area contributed by atoms with Crippen LogP contribution in [0, 0.1) is 0 Å². The maximum atomic E-state index is 12.5. The van der Waals surface area contributed by atoms with Crippen molar-refractivity contribution < 1.29 is 9.53 Å². The van der Waals surface area contributed by atoms with Crippen molar-refractivity contribution in [2.75, 3.05) is 6.61 Å². The fourth-order valence-electron chi connectivity index (χ4n) is 2.73. The Morgan fingerprint density at radius 2 is 1.87 bits per heavy atom. The molecule has 5 nitrogen and oxygen atoms in total. The predicted octanol–water partition coefficient (Wildman–Crippen LogP) is 2.38. The first-order valence-electron chi connectivity index (χ1n) is 7.86. The van der Waals surface area contributed by atoms with Crippen molar-refractivity contribution in [2.24, 2.45) is 0 Å². The highest BCUT2D eigenvalue weighted by molar-refractivity contribution is 5.97. The van der Waals surface area contributed by atoms with Crippen LogP contribution in [0.25, 0.3) is 0 Å². The first-order chi connectivity index (χ1) is 11.3. The highest BCUT2D eigenvalue weighted by Gasteiger charge is 2.26. The van der Waals surface area contributed by atoms with Crippen LogP contribution in [-0.2, 0) is 0 Å². The molecular weight excluding hydrogens is 290 g/mol. The van der Waals surface area contributed by atoms with Crippen LogP contribution in [0.1, 0.15) is 35.3 Å². The van der Waals surface area contributed by atoms with Crippen LogP contribution in [0.3, 0.4) is 0 Å². The molecule has 3 rings (SSSR count). The van der Waals surface area contributed by atoms with Gasteiger partial charge < -0.3 is 10.1 Å². The van der Waals surface area contributed by atoms with Crippen LogP contribution in [0.5, 0.6) is 5.75 Å². The summed E-state index contributed by atoms with van der Waals surface area (Å²) in [5, 5.41) is 3.00. The van der Waals surface area contributed by atoms with Crippen LogP contribution in [0.4, 0.5) is 0 Å². The van der Waals surface area contributed by atoms with Gasteiger partial charge in [0.1, 0.15) is 5.75 Å². The Morgan fingerprint density at radius 3 is 2.65 bits per heavy atom. The number of amides is 1. The number of para-hydroxylation sites is 1. The lowest BCUT2D eigenvalue weighted by atomic mass is 10.0. The molecule has 2 unspecified atom stereocenters. The third-order valence-corrected chi connectivity index (χ3v) is 3.84. The van der Waals surface area contributed by atoms with E-state index in [2.05, 4.69) is 28.3 Å². The van der Waals surface area contributed by atoms with Crippen molar-refractivity contribution in [3.63, 3.8) is 0 Å². The summed E-state index contributed by atoms with van der Waals surface area (Å²) in [5.74, 6) is 0.472. The normalized spacial score (nSPS) is 20.2. The Balaban J connectivity index is 1.63. The van der Waals surface area contributed by atoms with E-state index in [-0.39, 0.29) is 18.1 Å². The third kappa shape index (κ3) is 3.70. The average molecular weight is 311 g/mol. The minimum absolute atomic E-state index is 0.123. The molecule has 1 fully saturated rings. The molecule has 23 heavy (non-hydrogen) atoms. The largest absolute Gasteiger partial charge is 0.493 e. The second kappa shape index (κ2) is 7.26. The number of carbonyl (C=O) groups excluding carboxylic acids is 1. The van der Waals surface area contributed by atoms with E-state index in [1.165, 1.54) is 5.56 Å². The summed E-state index contributed by atoms with van der Waals surface area (Å²) in [5.41, 5.74) is 8.11. The van der Waals surface area contributed by atoms with Gasteiger partial charge in [-0.05, 0) is 24.6 Å². The molecule has 0 aliphatic carbocycles. The molecule has 3 N–H and O–H groups in total. The lowest BCUT2D eigenvalue weighted by Gasteiger charge is -2.14. The van der Waals surface area contributed by atoms with Crippen molar-refractivity contribution in [1.29, 1.82) is 0 Å². The molecular formula is C18H21N3O2. The number of ether oxygens (including phenoxy) is 1. The standard InChI is InChI=1S/C18H21N3O2/c1-2-23-16-11-7-6-10-14(16)18(22)19-17-12-15(20-21-17)13-8-4-3-5-9-13/h3-11,15,17,20-21H,2,12H2,1H3,(H,19,22). The van der Waals surface area contributed by atoms with Gasteiger partial charge in [0.05, 0.1) is 18.3 Å². The molecule has 2 atom stereocenters. The average Bonchev–Trinajstić information content (AvgIpc) is 3.05. The van der Waals surface area contributed by atoms with Gasteiger partial charge in [-0.25, -0.2) is 10.9 Å². The minimum Gasteiger partial charge on any atom is -0.493 e. The zero-order chi connectivity index (χ0) is 16.1. The smallest absolute Gasteiger partial charge is 0.256 e. The van der Waals surface area contributed by atoms with Crippen molar-refractivity contribution in [3.05, 3.63) is 65.7 Å². The van der Waals surface area contributed by atoms with E-state index in [1.54, 1.807) is 6.07 Å². The van der Waals surface area contributed by atoms with Gasteiger partial charge in [-0.2, -0.15) is 0 Å². The summed E-state index contributed by atoms with van der Waals surface area (Å²) in [6, 6.07) is 17.7. The monoisotopic (exact) mass is 311 g/mol. The maximum absolute atomic E-state index is 12.5. The molecule has 1 aliphatic rings. The van der Waals surface area contributed by atoms with Crippen LogP contribution < -0.4 is 20.9 Å². The Hall–Kier alpha value is -2.37. The van der Waals surface area contributed by atoms with E-state index >= 15 is 0 Å². The summed E-state index contributed by atoms with van der Waals surface area (Å²) in [7, 11) is 0. The van der Waals surface area contributed by atoms with E-state index in [4.69, 9.17) is 4.74 Å². The topological polar surface area (TPSA) is 62.4 Å². The molecule has 0 aromatic heterocycles. The molecule has 0 radical (unpaired) electrons. The zero-order valence-electron chi connectivity index (χ0n) is 13.1. The predicted molar refractivity (Wildman–Crippen MR) is 88.9 cm³/mol. The van der Waals surface area contributed by atoms with E-state index in [9.17, 15) is 4.79 Å². The lowest BCUT2D eigenvalue weighted by Crippen LogP contribution is -2.44.